The molecular formula is C19H27N5O2S2. The maximum Gasteiger partial charge on any atom is 0.233 e. The Kier molecular flexibility index (Phi) is 7.12. The number of rotatable bonds is 8. The summed E-state index contributed by atoms with van der Waals surface area (Å²) in [5.41, 5.74) is 5.33. The zero-order valence-electron chi connectivity index (χ0n) is 16.3. The fourth-order valence-electron chi connectivity index (χ4n) is 3.43. The van der Waals surface area contributed by atoms with E-state index in [1.807, 2.05) is 29.0 Å². The van der Waals surface area contributed by atoms with Gasteiger partial charge in [-0.15, -0.1) is 21.5 Å². The fourth-order valence-corrected chi connectivity index (χ4v) is 5.03. The Morgan fingerprint density at radius 2 is 2.18 bits per heavy atom. The van der Waals surface area contributed by atoms with E-state index in [1.165, 1.54) is 24.6 Å². The van der Waals surface area contributed by atoms with Gasteiger partial charge in [0.05, 0.1) is 10.1 Å². The van der Waals surface area contributed by atoms with E-state index < -0.39 is 0 Å². The Morgan fingerprint density at radius 3 is 2.86 bits per heavy atom. The minimum atomic E-state index is -0.376. The molecule has 0 spiro atoms. The zero-order valence-corrected chi connectivity index (χ0v) is 17.9. The minimum Gasteiger partial charge on any atom is -0.370 e. The molecule has 2 aromatic heterocycles. The molecule has 1 saturated carbocycles. The van der Waals surface area contributed by atoms with Crippen molar-refractivity contribution in [2.75, 3.05) is 0 Å². The number of amides is 2. The van der Waals surface area contributed by atoms with Crippen molar-refractivity contribution in [2.45, 2.75) is 68.9 Å². The van der Waals surface area contributed by atoms with Crippen LogP contribution in [0.15, 0.2) is 22.7 Å². The number of nitrogens with zero attached hydrogens (tertiary/aromatic N) is 3. The molecule has 1 aliphatic rings. The van der Waals surface area contributed by atoms with Gasteiger partial charge in [-0.1, -0.05) is 37.6 Å². The van der Waals surface area contributed by atoms with E-state index in [2.05, 4.69) is 22.4 Å². The van der Waals surface area contributed by atoms with Gasteiger partial charge in [0.2, 0.25) is 11.8 Å². The normalized spacial score (nSPS) is 20.6. The second-order valence-corrected chi connectivity index (χ2v) is 9.54. The number of aromatic nitrogens is 3. The number of primary amides is 1. The summed E-state index contributed by atoms with van der Waals surface area (Å²) in [6.45, 7) is 4.48. The van der Waals surface area contributed by atoms with Crippen LogP contribution in [0.1, 0.15) is 46.0 Å². The van der Waals surface area contributed by atoms with Gasteiger partial charge in [-0.2, -0.15) is 0 Å². The molecule has 0 radical (unpaired) electrons. The molecule has 3 unspecified atom stereocenters. The fraction of sp³-hybridized carbons (Fsp3) is 0.579. The maximum atomic E-state index is 12.7. The van der Waals surface area contributed by atoms with Crippen molar-refractivity contribution < 1.29 is 9.59 Å². The maximum absolute atomic E-state index is 12.7. The Hall–Kier alpha value is -1.87. The Labute approximate surface area is 173 Å². The van der Waals surface area contributed by atoms with E-state index in [0.717, 1.165) is 17.7 Å². The van der Waals surface area contributed by atoms with Gasteiger partial charge >= 0.3 is 0 Å². The lowest BCUT2D eigenvalue weighted by atomic mass is 9.86. The SMILES string of the molecule is CC(Sc1nnc(-c2cccs2)n1CCC(N)=O)C(=O)NC1CCCCC1C. The van der Waals surface area contributed by atoms with Gasteiger partial charge in [-0.3, -0.25) is 9.59 Å². The molecular weight excluding hydrogens is 394 g/mol. The van der Waals surface area contributed by atoms with Gasteiger partial charge < -0.3 is 15.6 Å². The number of carbonyl (C=O) groups excluding carboxylic acids is 2. The van der Waals surface area contributed by atoms with Crippen LogP contribution in [0.4, 0.5) is 0 Å². The minimum absolute atomic E-state index is 0.0193. The van der Waals surface area contributed by atoms with E-state index in [-0.39, 0.29) is 29.5 Å². The third kappa shape index (κ3) is 5.14. The number of hydrogen-bond acceptors (Lipinski definition) is 6. The van der Waals surface area contributed by atoms with Crippen LogP contribution in [0.5, 0.6) is 0 Å². The van der Waals surface area contributed by atoms with Gasteiger partial charge in [0, 0.05) is 19.0 Å². The van der Waals surface area contributed by atoms with Crippen LogP contribution in [-0.2, 0) is 16.1 Å². The summed E-state index contributed by atoms with van der Waals surface area (Å²) >= 11 is 2.93. The van der Waals surface area contributed by atoms with Crippen molar-refractivity contribution in [3.63, 3.8) is 0 Å². The Morgan fingerprint density at radius 1 is 1.39 bits per heavy atom. The molecule has 0 aliphatic heterocycles. The third-order valence-electron chi connectivity index (χ3n) is 5.13. The molecule has 0 aromatic carbocycles. The Bertz CT molecular complexity index is 805. The summed E-state index contributed by atoms with van der Waals surface area (Å²) in [6, 6.07) is 4.16. The van der Waals surface area contributed by atoms with E-state index >= 15 is 0 Å². The molecule has 152 valence electrons. The molecule has 0 bridgehead atoms. The summed E-state index contributed by atoms with van der Waals surface area (Å²) < 4.78 is 1.88. The molecule has 0 saturated heterocycles. The number of thiophene rings is 1. The first-order chi connectivity index (χ1) is 13.5. The number of nitrogens with one attached hydrogen (secondary N) is 1. The summed E-state index contributed by atoms with van der Waals surface area (Å²) in [5.74, 6) is 0.858. The standard InChI is InChI=1S/C19H27N5O2S2/c1-12-6-3-4-7-14(12)21-18(26)13(2)28-19-23-22-17(15-8-5-11-27-15)24(19)10-9-16(20)25/h5,8,11-14H,3-4,6-7,9-10H2,1-2H3,(H2,20,25)(H,21,26). The van der Waals surface area contributed by atoms with Crippen LogP contribution in [0.2, 0.25) is 0 Å². The van der Waals surface area contributed by atoms with E-state index in [9.17, 15) is 9.59 Å². The molecule has 2 heterocycles. The molecule has 3 N–H and O–H groups in total. The van der Waals surface area contributed by atoms with Crippen molar-refractivity contribution in [3.8, 4) is 10.7 Å². The van der Waals surface area contributed by atoms with Crippen LogP contribution >= 0.6 is 23.1 Å². The number of thioether (sulfide) groups is 1. The summed E-state index contributed by atoms with van der Waals surface area (Å²) in [4.78, 5) is 25.0. The van der Waals surface area contributed by atoms with Gasteiger partial charge in [-0.05, 0) is 37.1 Å². The van der Waals surface area contributed by atoms with Gasteiger partial charge in [0.25, 0.3) is 0 Å². The van der Waals surface area contributed by atoms with E-state index in [0.29, 0.717) is 23.4 Å². The predicted octanol–water partition coefficient (Wildman–Crippen LogP) is 3.06. The van der Waals surface area contributed by atoms with Crippen LogP contribution in [0.3, 0.4) is 0 Å². The monoisotopic (exact) mass is 421 g/mol. The molecule has 7 nitrogen and oxygen atoms in total. The highest BCUT2D eigenvalue weighted by atomic mass is 32.2. The van der Waals surface area contributed by atoms with Crippen LogP contribution < -0.4 is 11.1 Å². The lowest BCUT2D eigenvalue weighted by Crippen LogP contribution is -2.44. The first kappa shape index (κ1) is 20.9. The third-order valence-corrected chi connectivity index (χ3v) is 7.08. The molecule has 28 heavy (non-hydrogen) atoms. The van der Waals surface area contributed by atoms with E-state index in [4.69, 9.17) is 5.73 Å². The highest BCUT2D eigenvalue weighted by Crippen LogP contribution is 2.30. The van der Waals surface area contributed by atoms with E-state index in [1.54, 1.807) is 11.3 Å². The molecule has 3 atom stereocenters. The molecule has 2 amide bonds. The number of hydrogen-bond donors (Lipinski definition) is 2. The van der Waals surface area contributed by atoms with Crippen molar-refractivity contribution in [3.05, 3.63) is 17.5 Å². The van der Waals surface area contributed by atoms with Crippen molar-refractivity contribution in [1.82, 2.24) is 20.1 Å². The van der Waals surface area contributed by atoms with Crippen molar-refractivity contribution in [1.29, 1.82) is 0 Å². The molecule has 2 aromatic rings. The first-order valence-corrected chi connectivity index (χ1v) is 11.4. The molecule has 9 heteroatoms. The van der Waals surface area contributed by atoms with Crippen LogP contribution in [-0.4, -0.2) is 37.9 Å². The Balaban J connectivity index is 1.71. The molecule has 3 rings (SSSR count). The van der Waals surface area contributed by atoms with Crippen LogP contribution in [0.25, 0.3) is 10.7 Å². The summed E-state index contributed by atoms with van der Waals surface area (Å²) in [5, 5.41) is 14.1. The van der Waals surface area contributed by atoms with Crippen molar-refractivity contribution in [2.24, 2.45) is 11.7 Å². The number of nitrogens with two attached hydrogens (primary N) is 1. The lowest BCUT2D eigenvalue weighted by molar-refractivity contribution is -0.121. The van der Waals surface area contributed by atoms with Gasteiger partial charge in [0.1, 0.15) is 0 Å². The lowest BCUT2D eigenvalue weighted by Gasteiger charge is -2.30. The number of carbonyl (C=O) groups is 2. The average molecular weight is 422 g/mol. The zero-order chi connectivity index (χ0) is 20.1. The quantitative estimate of drug-likeness (QED) is 0.638. The van der Waals surface area contributed by atoms with Gasteiger partial charge in [0.15, 0.2) is 11.0 Å². The average Bonchev–Trinajstić information content (AvgIpc) is 3.31. The molecule has 1 aliphatic carbocycles. The summed E-state index contributed by atoms with van der Waals surface area (Å²) in [7, 11) is 0. The van der Waals surface area contributed by atoms with Crippen molar-refractivity contribution >= 4 is 34.9 Å². The second kappa shape index (κ2) is 9.56. The largest absolute Gasteiger partial charge is 0.370 e. The second-order valence-electron chi connectivity index (χ2n) is 7.29. The van der Waals surface area contributed by atoms with Crippen LogP contribution in [0, 0.1) is 5.92 Å². The topological polar surface area (TPSA) is 103 Å². The highest BCUT2D eigenvalue weighted by Gasteiger charge is 2.26. The predicted molar refractivity (Wildman–Crippen MR) is 112 cm³/mol. The smallest absolute Gasteiger partial charge is 0.233 e. The highest BCUT2D eigenvalue weighted by molar-refractivity contribution is 8.00. The van der Waals surface area contributed by atoms with Gasteiger partial charge in [-0.25, -0.2) is 0 Å². The molecule has 1 fully saturated rings. The first-order valence-electron chi connectivity index (χ1n) is 9.68. The summed E-state index contributed by atoms with van der Waals surface area (Å²) in [6.07, 6.45) is 4.82.